The van der Waals surface area contributed by atoms with Crippen LogP contribution in [0.15, 0.2) is 12.2 Å². The molecule has 1 saturated carbocycles. The number of carbonyl (C=O) groups is 1. The van der Waals surface area contributed by atoms with E-state index in [4.69, 9.17) is 9.47 Å². The van der Waals surface area contributed by atoms with E-state index in [1.807, 2.05) is 6.92 Å². The first-order chi connectivity index (χ1) is 7.62. The van der Waals surface area contributed by atoms with Gasteiger partial charge in [0, 0.05) is 13.5 Å². The van der Waals surface area contributed by atoms with Crippen LogP contribution in [0.4, 0.5) is 0 Å². The summed E-state index contributed by atoms with van der Waals surface area (Å²) in [5, 5.41) is 0. The molecule has 0 radical (unpaired) electrons. The second-order valence-corrected chi connectivity index (χ2v) is 5.30. The summed E-state index contributed by atoms with van der Waals surface area (Å²) >= 11 is 0. The zero-order chi connectivity index (χ0) is 11.4. The average molecular weight is 222 g/mol. The first kappa shape index (κ1) is 10.5. The minimum Gasteiger partial charge on any atom is -0.378 e. The molecular formula is C13H18O3. The van der Waals surface area contributed by atoms with Crippen molar-refractivity contribution in [3.8, 4) is 0 Å². The van der Waals surface area contributed by atoms with Gasteiger partial charge in [0.1, 0.15) is 11.4 Å². The smallest absolute Gasteiger partial charge is 0.139 e. The summed E-state index contributed by atoms with van der Waals surface area (Å²) in [5.41, 5.74) is -0.637. The number of rotatable bonds is 2. The number of carbonyl (C=O) groups excluding carboxylic acids is 1. The van der Waals surface area contributed by atoms with Gasteiger partial charge < -0.3 is 9.47 Å². The second-order valence-electron chi connectivity index (χ2n) is 5.30. The molecule has 2 heterocycles. The number of hydrogen-bond acceptors (Lipinski definition) is 3. The summed E-state index contributed by atoms with van der Waals surface area (Å²) in [6, 6.07) is 0. The Bertz CT molecular complexity index is 362. The zero-order valence-corrected chi connectivity index (χ0v) is 9.86. The molecule has 1 spiro atoms. The van der Waals surface area contributed by atoms with Gasteiger partial charge in [0.15, 0.2) is 0 Å². The highest BCUT2D eigenvalue weighted by atomic mass is 16.6. The van der Waals surface area contributed by atoms with Gasteiger partial charge >= 0.3 is 0 Å². The molecule has 3 aliphatic rings. The Labute approximate surface area is 95.8 Å². The molecule has 0 aromatic carbocycles. The largest absolute Gasteiger partial charge is 0.378 e. The molecule has 2 bridgehead atoms. The molecule has 1 saturated heterocycles. The van der Waals surface area contributed by atoms with Crippen LogP contribution in [0, 0.1) is 5.92 Å². The Balaban J connectivity index is 1.96. The highest BCUT2D eigenvalue weighted by Gasteiger charge is 2.62. The van der Waals surface area contributed by atoms with Gasteiger partial charge in [-0.05, 0) is 26.2 Å². The predicted molar refractivity (Wildman–Crippen MR) is 59.1 cm³/mol. The molecule has 0 unspecified atom stereocenters. The number of Topliss-reactive ketones (excluding diaryl/α,β-unsaturated/α-hetero) is 1. The van der Waals surface area contributed by atoms with E-state index in [1.165, 1.54) is 0 Å². The van der Waals surface area contributed by atoms with Crippen LogP contribution in [0.2, 0.25) is 0 Å². The fourth-order valence-electron chi connectivity index (χ4n) is 3.48. The van der Waals surface area contributed by atoms with Crippen LogP contribution >= 0.6 is 0 Å². The van der Waals surface area contributed by atoms with Crippen molar-refractivity contribution < 1.29 is 14.3 Å². The maximum absolute atomic E-state index is 12.0. The minimum absolute atomic E-state index is 0.0153. The Morgan fingerprint density at radius 3 is 3.06 bits per heavy atom. The van der Waals surface area contributed by atoms with Crippen molar-refractivity contribution in [1.29, 1.82) is 0 Å². The van der Waals surface area contributed by atoms with E-state index in [9.17, 15) is 4.79 Å². The van der Waals surface area contributed by atoms with E-state index >= 15 is 0 Å². The summed E-state index contributed by atoms with van der Waals surface area (Å²) in [5.74, 6) is 0.449. The van der Waals surface area contributed by atoms with Gasteiger partial charge in [0.05, 0.1) is 17.6 Å². The number of ether oxygens (including phenoxy) is 2. The van der Waals surface area contributed by atoms with Crippen LogP contribution in [-0.2, 0) is 14.3 Å². The molecule has 88 valence electrons. The molecule has 16 heavy (non-hydrogen) atoms. The van der Waals surface area contributed by atoms with E-state index < -0.39 is 0 Å². The summed E-state index contributed by atoms with van der Waals surface area (Å²) in [4.78, 5) is 12.0. The van der Waals surface area contributed by atoms with E-state index in [1.54, 1.807) is 7.11 Å². The number of fused-ring (bicyclic) bond motifs is 1. The van der Waals surface area contributed by atoms with Crippen molar-refractivity contribution >= 4 is 5.78 Å². The summed E-state index contributed by atoms with van der Waals surface area (Å²) < 4.78 is 11.6. The van der Waals surface area contributed by atoms with Crippen LogP contribution in [-0.4, -0.2) is 30.2 Å². The number of ketones is 1. The van der Waals surface area contributed by atoms with Gasteiger partial charge in [-0.1, -0.05) is 12.2 Å². The third-order valence-electron chi connectivity index (χ3n) is 4.56. The van der Waals surface area contributed by atoms with Crippen LogP contribution in [0.1, 0.15) is 32.6 Å². The van der Waals surface area contributed by atoms with E-state index in [0.717, 1.165) is 25.7 Å². The normalized spacial score (nSPS) is 47.1. The lowest BCUT2D eigenvalue weighted by atomic mass is 9.69. The van der Waals surface area contributed by atoms with Crippen molar-refractivity contribution in [2.75, 3.05) is 7.11 Å². The van der Waals surface area contributed by atoms with Gasteiger partial charge in [0.2, 0.25) is 0 Å². The maximum atomic E-state index is 12.0. The van der Waals surface area contributed by atoms with Crippen LogP contribution < -0.4 is 0 Å². The standard InChI is InChI=1S/C13H18O3/c1-9(15-2)13-7-6-12(16-13)5-3-4-11(14)10(12)8-13/h6-7,9-10H,3-5,8H2,1-2H3/t9-,10+,12+,13-/m1/s1. The topological polar surface area (TPSA) is 35.5 Å². The van der Waals surface area contributed by atoms with Gasteiger partial charge in [-0.15, -0.1) is 0 Å². The lowest BCUT2D eigenvalue weighted by molar-refractivity contribution is -0.136. The van der Waals surface area contributed by atoms with E-state index in [0.29, 0.717) is 5.78 Å². The Hall–Kier alpha value is -0.670. The lowest BCUT2D eigenvalue weighted by Gasteiger charge is -2.33. The van der Waals surface area contributed by atoms with Crippen molar-refractivity contribution in [3.63, 3.8) is 0 Å². The molecule has 0 aromatic rings. The van der Waals surface area contributed by atoms with Gasteiger partial charge in [-0.3, -0.25) is 4.79 Å². The molecule has 0 N–H and O–H groups in total. The molecule has 3 rings (SSSR count). The van der Waals surface area contributed by atoms with Crippen molar-refractivity contribution in [3.05, 3.63) is 12.2 Å². The molecule has 0 aromatic heterocycles. The molecule has 1 aliphatic carbocycles. The van der Waals surface area contributed by atoms with E-state index in [2.05, 4.69) is 12.2 Å². The Morgan fingerprint density at radius 1 is 1.56 bits per heavy atom. The molecular weight excluding hydrogens is 204 g/mol. The number of hydrogen-bond donors (Lipinski definition) is 0. The molecule has 2 fully saturated rings. The van der Waals surface area contributed by atoms with Crippen LogP contribution in [0.25, 0.3) is 0 Å². The first-order valence-corrected chi connectivity index (χ1v) is 6.08. The fourth-order valence-corrected chi connectivity index (χ4v) is 3.48. The van der Waals surface area contributed by atoms with Gasteiger partial charge in [-0.2, -0.15) is 0 Å². The van der Waals surface area contributed by atoms with Gasteiger partial charge in [-0.25, -0.2) is 0 Å². The van der Waals surface area contributed by atoms with Gasteiger partial charge in [0.25, 0.3) is 0 Å². The second kappa shape index (κ2) is 3.17. The molecule has 2 aliphatic heterocycles. The van der Waals surface area contributed by atoms with Crippen molar-refractivity contribution in [1.82, 2.24) is 0 Å². The minimum atomic E-state index is -0.348. The first-order valence-electron chi connectivity index (χ1n) is 6.08. The quantitative estimate of drug-likeness (QED) is 0.669. The molecule has 0 amide bonds. The highest BCUT2D eigenvalue weighted by Crippen LogP contribution is 2.56. The highest BCUT2D eigenvalue weighted by molar-refractivity contribution is 5.84. The third-order valence-corrected chi connectivity index (χ3v) is 4.56. The Morgan fingerprint density at radius 2 is 2.38 bits per heavy atom. The van der Waals surface area contributed by atoms with Crippen molar-refractivity contribution in [2.24, 2.45) is 5.92 Å². The fraction of sp³-hybridized carbons (Fsp3) is 0.769. The van der Waals surface area contributed by atoms with E-state index in [-0.39, 0.29) is 23.2 Å². The number of methoxy groups -OCH3 is 1. The monoisotopic (exact) mass is 222 g/mol. The summed E-state index contributed by atoms with van der Waals surface area (Å²) in [6.45, 7) is 2.02. The summed E-state index contributed by atoms with van der Waals surface area (Å²) in [7, 11) is 1.70. The Kier molecular flexibility index (Phi) is 2.08. The lowest BCUT2D eigenvalue weighted by Crippen LogP contribution is -2.40. The average Bonchev–Trinajstić information content (AvgIpc) is 2.82. The predicted octanol–water partition coefficient (Wildman–Crippen LogP) is 1.86. The summed E-state index contributed by atoms with van der Waals surface area (Å²) in [6.07, 6.45) is 7.72. The maximum Gasteiger partial charge on any atom is 0.139 e. The van der Waals surface area contributed by atoms with Crippen molar-refractivity contribution in [2.45, 2.75) is 49.9 Å². The van der Waals surface area contributed by atoms with Crippen LogP contribution in [0.3, 0.4) is 0 Å². The zero-order valence-electron chi connectivity index (χ0n) is 9.86. The molecule has 4 atom stereocenters. The molecule has 3 nitrogen and oxygen atoms in total. The SMILES string of the molecule is CO[C@H](C)[C@@]12C=C[C@]3(CCCC(=O)[C@@H]3C1)O2. The van der Waals surface area contributed by atoms with Crippen LogP contribution in [0.5, 0.6) is 0 Å². The molecule has 3 heteroatoms. The third kappa shape index (κ3) is 1.13.